The zero-order valence-corrected chi connectivity index (χ0v) is 25.2. The highest BCUT2D eigenvalue weighted by Gasteiger charge is 2.40. The van der Waals surface area contributed by atoms with Gasteiger partial charge in [0.2, 0.25) is 35.4 Å². The second-order valence-electron chi connectivity index (χ2n) is 12.5. The standard InChI is InChI=1S/C29H44N6O6/c1-17(2)14-19-23(38)34-27(3,4)24(39)32-20(15-18-12-10-9-11-13-18)22(37)30-16-21(36)33-29(7,8)26(41)35-28(5,6)25(40)31-19/h9-13,17,19-20H,14-16H2,1-8H3,(H,30,37)(H,31,40)(H,32,39)(H,33,36)(H,34,38)(H,35,41)/t19-,20-/m0/s1. The summed E-state index contributed by atoms with van der Waals surface area (Å²) in [5, 5.41) is 15.8. The second kappa shape index (κ2) is 13.1. The fraction of sp³-hybridized carbons (Fsp3) is 0.586. The van der Waals surface area contributed by atoms with Crippen LogP contribution in [0.2, 0.25) is 0 Å². The van der Waals surface area contributed by atoms with Crippen molar-refractivity contribution in [3.05, 3.63) is 35.9 Å². The molecule has 2 atom stereocenters. The first-order chi connectivity index (χ1) is 18.8. The van der Waals surface area contributed by atoms with Crippen molar-refractivity contribution in [3.8, 4) is 0 Å². The van der Waals surface area contributed by atoms with Crippen LogP contribution in [-0.4, -0.2) is 70.7 Å². The van der Waals surface area contributed by atoms with Gasteiger partial charge in [-0.15, -0.1) is 0 Å². The predicted octanol–water partition coefficient (Wildman–Crippen LogP) is 0.0590. The van der Waals surface area contributed by atoms with E-state index >= 15 is 0 Å². The van der Waals surface area contributed by atoms with Crippen LogP contribution in [0.4, 0.5) is 0 Å². The minimum absolute atomic E-state index is 0.00615. The van der Waals surface area contributed by atoms with Gasteiger partial charge in [-0.3, -0.25) is 28.8 Å². The fourth-order valence-corrected chi connectivity index (χ4v) is 4.13. The molecule has 1 fully saturated rings. The third kappa shape index (κ3) is 9.58. The Morgan fingerprint density at radius 3 is 1.76 bits per heavy atom. The summed E-state index contributed by atoms with van der Waals surface area (Å²) in [6, 6.07) is 6.92. The van der Waals surface area contributed by atoms with Crippen LogP contribution < -0.4 is 31.9 Å². The lowest BCUT2D eigenvalue weighted by molar-refractivity contribution is -0.140. The molecule has 0 aliphatic carbocycles. The molecule has 0 radical (unpaired) electrons. The van der Waals surface area contributed by atoms with Gasteiger partial charge in [-0.25, -0.2) is 0 Å². The molecule has 2 rings (SSSR count). The Balaban J connectivity index is 2.46. The molecule has 1 aromatic carbocycles. The number of carbonyl (C=O) groups is 6. The summed E-state index contributed by atoms with van der Waals surface area (Å²) < 4.78 is 0. The van der Waals surface area contributed by atoms with Crippen molar-refractivity contribution in [2.24, 2.45) is 5.92 Å². The van der Waals surface area contributed by atoms with E-state index in [9.17, 15) is 28.8 Å². The zero-order chi connectivity index (χ0) is 31.2. The molecule has 1 saturated heterocycles. The molecule has 0 aromatic heterocycles. The van der Waals surface area contributed by atoms with E-state index in [0.717, 1.165) is 5.56 Å². The number of benzene rings is 1. The number of carbonyl (C=O) groups excluding carboxylic acids is 6. The lowest BCUT2D eigenvalue weighted by Gasteiger charge is -2.34. The topological polar surface area (TPSA) is 175 Å². The van der Waals surface area contributed by atoms with Gasteiger partial charge >= 0.3 is 0 Å². The summed E-state index contributed by atoms with van der Waals surface area (Å²) >= 11 is 0. The molecule has 0 unspecified atom stereocenters. The summed E-state index contributed by atoms with van der Waals surface area (Å²) in [5.41, 5.74) is -3.60. The van der Waals surface area contributed by atoms with Gasteiger partial charge in [-0.2, -0.15) is 0 Å². The maximum atomic E-state index is 13.4. The normalized spacial score (nSPS) is 24.0. The summed E-state index contributed by atoms with van der Waals surface area (Å²) in [4.78, 5) is 79.0. The average molecular weight is 573 g/mol. The van der Waals surface area contributed by atoms with Crippen molar-refractivity contribution >= 4 is 35.4 Å². The summed E-state index contributed by atoms with van der Waals surface area (Å²) in [7, 11) is 0. The summed E-state index contributed by atoms with van der Waals surface area (Å²) in [6.45, 7) is 12.2. The van der Waals surface area contributed by atoms with E-state index < -0.39 is 70.7 Å². The molecular formula is C29H44N6O6. The maximum Gasteiger partial charge on any atom is 0.246 e. The lowest BCUT2D eigenvalue weighted by Crippen LogP contribution is -2.66. The second-order valence-corrected chi connectivity index (χ2v) is 12.5. The molecule has 0 spiro atoms. The molecule has 12 heteroatoms. The molecule has 12 nitrogen and oxygen atoms in total. The van der Waals surface area contributed by atoms with Crippen LogP contribution in [0.25, 0.3) is 0 Å². The van der Waals surface area contributed by atoms with Crippen molar-refractivity contribution in [1.82, 2.24) is 31.9 Å². The molecule has 1 aromatic rings. The highest BCUT2D eigenvalue weighted by atomic mass is 16.2. The largest absolute Gasteiger partial charge is 0.345 e. The molecule has 0 bridgehead atoms. The highest BCUT2D eigenvalue weighted by Crippen LogP contribution is 2.14. The number of hydrogen-bond acceptors (Lipinski definition) is 6. The Bertz CT molecular complexity index is 1160. The monoisotopic (exact) mass is 572 g/mol. The van der Waals surface area contributed by atoms with E-state index in [-0.39, 0.29) is 18.8 Å². The average Bonchev–Trinajstić information content (AvgIpc) is 2.85. The zero-order valence-electron chi connectivity index (χ0n) is 25.2. The maximum absolute atomic E-state index is 13.4. The minimum Gasteiger partial charge on any atom is -0.345 e. The Labute approximate surface area is 241 Å². The number of amides is 6. The first kappa shape index (κ1) is 33.2. The van der Waals surface area contributed by atoms with Crippen LogP contribution in [0.1, 0.15) is 67.4 Å². The van der Waals surface area contributed by atoms with E-state index in [4.69, 9.17) is 0 Å². The van der Waals surface area contributed by atoms with Crippen molar-refractivity contribution < 1.29 is 28.8 Å². The quantitative estimate of drug-likeness (QED) is 0.297. The van der Waals surface area contributed by atoms with E-state index in [0.29, 0.717) is 0 Å². The van der Waals surface area contributed by atoms with Gasteiger partial charge in [-0.05, 0) is 59.4 Å². The van der Waals surface area contributed by atoms with Crippen LogP contribution in [0.15, 0.2) is 30.3 Å². The highest BCUT2D eigenvalue weighted by molar-refractivity contribution is 6.00. The van der Waals surface area contributed by atoms with Crippen molar-refractivity contribution in [3.63, 3.8) is 0 Å². The number of rotatable bonds is 4. The first-order valence-electron chi connectivity index (χ1n) is 13.7. The molecule has 6 N–H and O–H groups in total. The van der Waals surface area contributed by atoms with Gasteiger partial charge in [-0.1, -0.05) is 44.2 Å². The van der Waals surface area contributed by atoms with E-state index in [1.807, 2.05) is 19.9 Å². The molecule has 1 heterocycles. The summed E-state index contributed by atoms with van der Waals surface area (Å²) in [6.07, 6.45) is 0.388. The Morgan fingerprint density at radius 2 is 1.20 bits per heavy atom. The number of nitrogens with one attached hydrogen (secondary N) is 6. The van der Waals surface area contributed by atoms with Gasteiger partial charge in [0.15, 0.2) is 0 Å². The van der Waals surface area contributed by atoms with E-state index in [2.05, 4.69) is 31.9 Å². The smallest absolute Gasteiger partial charge is 0.246 e. The van der Waals surface area contributed by atoms with Gasteiger partial charge in [0, 0.05) is 6.42 Å². The van der Waals surface area contributed by atoms with Crippen molar-refractivity contribution in [1.29, 1.82) is 0 Å². The predicted molar refractivity (Wildman–Crippen MR) is 153 cm³/mol. The molecule has 1 aliphatic rings. The van der Waals surface area contributed by atoms with Crippen molar-refractivity contribution in [2.75, 3.05) is 6.54 Å². The van der Waals surface area contributed by atoms with Crippen LogP contribution >= 0.6 is 0 Å². The first-order valence-corrected chi connectivity index (χ1v) is 13.7. The minimum atomic E-state index is -1.47. The molecular weight excluding hydrogens is 528 g/mol. The van der Waals surface area contributed by atoms with Crippen molar-refractivity contribution in [2.45, 2.75) is 96.9 Å². The van der Waals surface area contributed by atoms with Gasteiger partial charge in [0.25, 0.3) is 0 Å². The SMILES string of the molecule is CC(C)C[C@@H]1NC(=O)C(C)(C)NC(=O)C(C)(C)NC(=O)CNC(=O)[C@H](Cc2ccccc2)NC(=O)C(C)(C)NC1=O. The molecule has 6 amide bonds. The number of hydrogen-bond donors (Lipinski definition) is 6. The van der Waals surface area contributed by atoms with Gasteiger partial charge < -0.3 is 31.9 Å². The van der Waals surface area contributed by atoms with E-state index in [1.165, 1.54) is 41.5 Å². The fourth-order valence-electron chi connectivity index (χ4n) is 4.13. The molecule has 41 heavy (non-hydrogen) atoms. The molecule has 1 aliphatic heterocycles. The van der Waals surface area contributed by atoms with E-state index in [1.54, 1.807) is 24.3 Å². The Morgan fingerprint density at radius 1 is 0.683 bits per heavy atom. The van der Waals surface area contributed by atoms with Crippen LogP contribution in [0.5, 0.6) is 0 Å². The lowest BCUT2D eigenvalue weighted by atomic mass is 9.96. The third-order valence-electron chi connectivity index (χ3n) is 6.67. The molecule has 226 valence electrons. The Kier molecular flexibility index (Phi) is 10.7. The van der Waals surface area contributed by atoms with Gasteiger partial charge in [0.05, 0.1) is 6.54 Å². The molecule has 0 saturated carbocycles. The van der Waals surface area contributed by atoms with Crippen LogP contribution in [0, 0.1) is 5.92 Å². The van der Waals surface area contributed by atoms with Gasteiger partial charge in [0.1, 0.15) is 28.7 Å². The third-order valence-corrected chi connectivity index (χ3v) is 6.67. The Hall–Kier alpha value is -3.96. The van der Waals surface area contributed by atoms with Crippen LogP contribution in [-0.2, 0) is 35.2 Å². The summed E-state index contributed by atoms with van der Waals surface area (Å²) in [5.74, 6) is -3.73. The van der Waals surface area contributed by atoms with Crippen LogP contribution in [0.3, 0.4) is 0 Å².